The Balaban J connectivity index is 1.53. The number of nitrogens with one attached hydrogen (secondary N) is 1. The van der Waals surface area contributed by atoms with Crippen molar-refractivity contribution in [1.29, 1.82) is 0 Å². The fraction of sp³-hybridized carbons (Fsp3) is 1.00. The molecule has 1 aliphatic carbocycles. The minimum atomic E-state index is 0.802. The first-order chi connectivity index (χ1) is 7.25. The van der Waals surface area contributed by atoms with Crippen LogP contribution in [0.1, 0.15) is 46.0 Å². The van der Waals surface area contributed by atoms with E-state index in [9.17, 15) is 0 Å². The zero-order valence-electron chi connectivity index (χ0n) is 10.3. The Hall–Kier alpha value is -0.0800. The summed E-state index contributed by atoms with van der Waals surface area (Å²) in [7, 11) is 0. The van der Waals surface area contributed by atoms with Crippen molar-refractivity contribution in [2.75, 3.05) is 19.6 Å². The molecule has 1 saturated carbocycles. The van der Waals surface area contributed by atoms with Crippen LogP contribution in [0.5, 0.6) is 0 Å². The van der Waals surface area contributed by atoms with Crippen LogP contribution in [0.25, 0.3) is 0 Å². The maximum absolute atomic E-state index is 3.59. The highest BCUT2D eigenvalue weighted by molar-refractivity contribution is 4.81. The molecule has 2 fully saturated rings. The van der Waals surface area contributed by atoms with Gasteiger partial charge in [0, 0.05) is 18.6 Å². The molecule has 1 saturated heterocycles. The quantitative estimate of drug-likeness (QED) is 0.676. The number of likely N-dealkylation sites (tertiary alicyclic amines) is 1. The molecule has 0 spiro atoms. The highest BCUT2D eigenvalue weighted by Crippen LogP contribution is 2.20. The van der Waals surface area contributed by atoms with E-state index in [-0.39, 0.29) is 0 Å². The molecular formula is C13H26N2. The van der Waals surface area contributed by atoms with Gasteiger partial charge in [0.25, 0.3) is 0 Å². The molecule has 0 amide bonds. The van der Waals surface area contributed by atoms with Crippen LogP contribution in [0.3, 0.4) is 0 Å². The van der Waals surface area contributed by atoms with Crippen LogP contribution in [0.2, 0.25) is 0 Å². The smallest absolute Gasteiger partial charge is 0.00682 e. The second kappa shape index (κ2) is 5.31. The van der Waals surface area contributed by atoms with Crippen molar-refractivity contribution in [2.24, 2.45) is 5.92 Å². The van der Waals surface area contributed by atoms with Gasteiger partial charge in [-0.25, -0.2) is 0 Å². The van der Waals surface area contributed by atoms with Gasteiger partial charge in [0.15, 0.2) is 0 Å². The monoisotopic (exact) mass is 210 g/mol. The van der Waals surface area contributed by atoms with Gasteiger partial charge < -0.3 is 10.2 Å². The first kappa shape index (κ1) is 11.4. The van der Waals surface area contributed by atoms with Gasteiger partial charge in [-0.15, -0.1) is 0 Å². The molecule has 2 rings (SSSR count). The molecule has 2 nitrogen and oxygen atoms in total. The SMILES string of the molecule is CC1CCN(C(C)CCCNC2CC2)C1. The Morgan fingerprint density at radius 3 is 2.73 bits per heavy atom. The van der Waals surface area contributed by atoms with E-state index in [2.05, 4.69) is 24.1 Å². The molecule has 2 heteroatoms. The van der Waals surface area contributed by atoms with Gasteiger partial charge in [0.1, 0.15) is 0 Å². The highest BCUT2D eigenvalue weighted by atomic mass is 15.2. The first-order valence-corrected chi connectivity index (χ1v) is 6.73. The third-order valence-electron chi connectivity index (χ3n) is 3.89. The fourth-order valence-electron chi connectivity index (χ4n) is 2.54. The van der Waals surface area contributed by atoms with Gasteiger partial charge in [-0.3, -0.25) is 0 Å². The Morgan fingerprint density at radius 1 is 1.33 bits per heavy atom. The van der Waals surface area contributed by atoms with Crippen molar-refractivity contribution >= 4 is 0 Å². The minimum absolute atomic E-state index is 0.802. The molecule has 0 radical (unpaired) electrons. The third-order valence-corrected chi connectivity index (χ3v) is 3.89. The number of hydrogen-bond donors (Lipinski definition) is 1. The lowest BCUT2D eigenvalue weighted by atomic mass is 10.1. The summed E-state index contributed by atoms with van der Waals surface area (Å²) in [6.07, 6.45) is 6.96. The molecule has 0 bridgehead atoms. The Morgan fingerprint density at radius 2 is 2.13 bits per heavy atom. The zero-order chi connectivity index (χ0) is 10.7. The summed E-state index contributed by atoms with van der Waals surface area (Å²) >= 11 is 0. The summed E-state index contributed by atoms with van der Waals surface area (Å²) in [6, 6.07) is 1.68. The van der Waals surface area contributed by atoms with Gasteiger partial charge in [-0.2, -0.15) is 0 Å². The largest absolute Gasteiger partial charge is 0.314 e. The summed E-state index contributed by atoms with van der Waals surface area (Å²) in [5, 5.41) is 3.59. The fourth-order valence-corrected chi connectivity index (χ4v) is 2.54. The predicted octanol–water partition coefficient (Wildman–Crippen LogP) is 2.25. The van der Waals surface area contributed by atoms with Crippen LogP contribution >= 0.6 is 0 Å². The molecule has 2 atom stereocenters. The lowest BCUT2D eigenvalue weighted by molar-refractivity contribution is 0.236. The Kier molecular flexibility index (Phi) is 4.04. The van der Waals surface area contributed by atoms with Gasteiger partial charge in [0.2, 0.25) is 0 Å². The Labute approximate surface area is 94.4 Å². The number of nitrogens with zero attached hydrogens (tertiary/aromatic N) is 1. The van der Waals surface area contributed by atoms with Gasteiger partial charge >= 0.3 is 0 Å². The van der Waals surface area contributed by atoms with Crippen LogP contribution < -0.4 is 5.32 Å². The summed E-state index contributed by atoms with van der Waals surface area (Å²) in [5.74, 6) is 0.928. The van der Waals surface area contributed by atoms with E-state index in [4.69, 9.17) is 0 Å². The van der Waals surface area contributed by atoms with Crippen molar-refractivity contribution < 1.29 is 0 Å². The van der Waals surface area contributed by atoms with Gasteiger partial charge in [-0.05, 0) is 58.0 Å². The molecule has 15 heavy (non-hydrogen) atoms. The zero-order valence-corrected chi connectivity index (χ0v) is 10.3. The summed E-state index contributed by atoms with van der Waals surface area (Å²) in [5.41, 5.74) is 0. The molecule has 2 unspecified atom stereocenters. The van der Waals surface area contributed by atoms with Crippen molar-refractivity contribution in [2.45, 2.75) is 58.0 Å². The first-order valence-electron chi connectivity index (χ1n) is 6.73. The average molecular weight is 210 g/mol. The molecule has 1 heterocycles. The molecule has 0 aromatic heterocycles. The van der Waals surface area contributed by atoms with E-state index in [1.54, 1.807) is 0 Å². The second-order valence-corrected chi connectivity index (χ2v) is 5.61. The summed E-state index contributed by atoms with van der Waals surface area (Å²) in [4.78, 5) is 2.67. The average Bonchev–Trinajstić information content (AvgIpc) is 2.94. The van der Waals surface area contributed by atoms with Crippen LogP contribution in [0.15, 0.2) is 0 Å². The van der Waals surface area contributed by atoms with Gasteiger partial charge in [0.05, 0.1) is 0 Å². The topological polar surface area (TPSA) is 15.3 Å². The normalized spacial score (nSPS) is 29.6. The molecule has 0 aromatic carbocycles. The van der Waals surface area contributed by atoms with Gasteiger partial charge in [-0.1, -0.05) is 6.92 Å². The highest BCUT2D eigenvalue weighted by Gasteiger charge is 2.23. The molecule has 1 aliphatic heterocycles. The lowest BCUT2D eigenvalue weighted by Crippen LogP contribution is -2.31. The molecule has 2 aliphatic rings. The van der Waals surface area contributed by atoms with E-state index < -0.39 is 0 Å². The molecule has 88 valence electrons. The van der Waals surface area contributed by atoms with Crippen LogP contribution in [-0.4, -0.2) is 36.6 Å². The van der Waals surface area contributed by atoms with E-state index >= 15 is 0 Å². The van der Waals surface area contributed by atoms with Crippen LogP contribution in [-0.2, 0) is 0 Å². The number of rotatable bonds is 6. The van der Waals surface area contributed by atoms with Crippen molar-refractivity contribution in [3.63, 3.8) is 0 Å². The second-order valence-electron chi connectivity index (χ2n) is 5.61. The maximum atomic E-state index is 3.59. The van der Waals surface area contributed by atoms with E-state index in [1.165, 1.54) is 51.7 Å². The minimum Gasteiger partial charge on any atom is -0.314 e. The standard InChI is InChI=1S/C13H26N2/c1-11-7-9-15(10-11)12(2)4-3-8-14-13-5-6-13/h11-14H,3-10H2,1-2H3. The number of hydrogen-bond acceptors (Lipinski definition) is 2. The van der Waals surface area contributed by atoms with E-state index in [1.807, 2.05) is 0 Å². The maximum Gasteiger partial charge on any atom is 0.00682 e. The molecular weight excluding hydrogens is 184 g/mol. The summed E-state index contributed by atoms with van der Waals surface area (Å²) in [6.45, 7) is 8.67. The van der Waals surface area contributed by atoms with Crippen molar-refractivity contribution in [3.8, 4) is 0 Å². The predicted molar refractivity (Wildman–Crippen MR) is 65.1 cm³/mol. The lowest BCUT2D eigenvalue weighted by Gasteiger charge is -2.24. The van der Waals surface area contributed by atoms with E-state index in [0.29, 0.717) is 0 Å². The summed E-state index contributed by atoms with van der Waals surface area (Å²) < 4.78 is 0. The molecule has 0 aromatic rings. The van der Waals surface area contributed by atoms with Crippen LogP contribution in [0.4, 0.5) is 0 Å². The third kappa shape index (κ3) is 3.76. The molecule has 1 N–H and O–H groups in total. The van der Waals surface area contributed by atoms with E-state index in [0.717, 1.165) is 18.0 Å². The van der Waals surface area contributed by atoms with Crippen LogP contribution in [0, 0.1) is 5.92 Å². The van der Waals surface area contributed by atoms with Crippen molar-refractivity contribution in [1.82, 2.24) is 10.2 Å². The van der Waals surface area contributed by atoms with Crippen molar-refractivity contribution in [3.05, 3.63) is 0 Å². The Bertz CT molecular complexity index is 189.